The summed E-state index contributed by atoms with van der Waals surface area (Å²) in [5.74, 6) is 1.72. The van der Waals surface area contributed by atoms with Crippen molar-refractivity contribution in [1.82, 2.24) is 19.8 Å². The van der Waals surface area contributed by atoms with Crippen molar-refractivity contribution in [2.24, 2.45) is 0 Å². The van der Waals surface area contributed by atoms with Gasteiger partial charge in [-0.3, -0.25) is 19.1 Å². The highest BCUT2D eigenvalue weighted by atomic mass is 16.3. The van der Waals surface area contributed by atoms with Crippen LogP contribution in [0.25, 0.3) is 10.9 Å². The van der Waals surface area contributed by atoms with Gasteiger partial charge in [-0.2, -0.15) is 0 Å². The Hall–Kier alpha value is -2.93. The third-order valence-corrected chi connectivity index (χ3v) is 7.27. The summed E-state index contributed by atoms with van der Waals surface area (Å²) in [6, 6.07) is 9.82. The minimum absolute atomic E-state index is 0.0115. The van der Waals surface area contributed by atoms with Gasteiger partial charge in [-0.1, -0.05) is 19.3 Å². The number of aromatic nitrogens is 2. The van der Waals surface area contributed by atoms with Gasteiger partial charge >= 0.3 is 0 Å². The third kappa shape index (κ3) is 5.09. The Kier molecular flexibility index (Phi) is 7.09. The number of nitrogens with zero attached hydrogens (tertiary/aromatic N) is 3. The van der Waals surface area contributed by atoms with Gasteiger partial charge in [-0.05, 0) is 62.4 Å². The summed E-state index contributed by atoms with van der Waals surface area (Å²) in [5, 5.41) is 3.65. The zero-order chi connectivity index (χ0) is 23.3. The summed E-state index contributed by atoms with van der Waals surface area (Å²) in [5.41, 5.74) is 1.19. The molecule has 1 fully saturated rings. The number of aryl methyl sites for hydroxylation is 1. The number of amides is 1. The number of hydrogen-bond donors (Lipinski definition) is 1. The van der Waals surface area contributed by atoms with E-state index in [-0.39, 0.29) is 11.5 Å². The van der Waals surface area contributed by atoms with Crippen molar-refractivity contribution in [3.05, 3.63) is 64.1 Å². The summed E-state index contributed by atoms with van der Waals surface area (Å²) in [6.45, 7) is 3.09. The van der Waals surface area contributed by atoms with Crippen LogP contribution >= 0.6 is 0 Å². The lowest BCUT2D eigenvalue weighted by molar-refractivity contribution is 0.0949. The summed E-state index contributed by atoms with van der Waals surface area (Å²) in [7, 11) is 0. The molecule has 7 heteroatoms. The molecule has 2 aromatic heterocycles. The maximum Gasteiger partial charge on any atom is 0.261 e. The minimum atomic E-state index is -0.114. The zero-order valence-electron chi connectivity index (χ0n) is 19.8. The topological polar surface area (TPSA) is 80.4 Å². The highest BCUT2D eigenvalue weighted by Gasteiger charge is 2.23. The number of rotatable bonds is 8. The van der Waals surface area contributed by atoms with Gasteiger partial charge in [0, 0.05) is 37.7 Å². The average Bonchev–Trinajstić information content (AvgIpc) is 3.52. The molecule has 1 aliphatic carbocycles. The second-order valence-electron chi connectivity index (χ2n) is 9.62. The number of hydrogen-bond acceptors (Lipinski definition) is 5. The minimum Gasteiger partial charge on any atom is -0.468 e. The molecule has 1 saturated carbocycles. The monoisotopic (exact) mass is 462 g/mol. The van der Waals surface area contributed by atoms with Gasteiger partial charge in [0.05, 0.1) is 23.7 Å². The van der Waals surface area contributed by atoms with Crippen LogP contribution in [-0.4, -0.2) is 39.5 Å². The van der Waals surface area contributed by atoms with E-state index in [1.807, 2.05) is 16.7 Å². The molecule has 0 spiro atoms. The Balaban J connectivity index is 1.21. The fourth-order valence-corrected chi connectivity index (χ4v) is 5.41. The molecule has 0 atom stereocenters. The summed E-state index contributed by atoms with van der Waals surface area (Å²) >= 11 is 0. The van der Waals surface area contributed by atoms with E-state index in [1.165, 1.54) is 25.7 Å². The number of furan rings is 1. The standard InChI is InChI=1S/C27H34N4O3/c32-26(28-14-7-15-30(21-8-3-4-9-21)19-22-10-6-17-34-22)20-12-13-23-24(18-20)29-25-11-2-1-5-16-31(25)27(23)33/h6,10,12-13,17-18,21H,1-5,7-9,11,14-16,19H2,(H,28,32). The lowest BCUT2D eigenvalue weighted by Gasteiger charge is -2.28. The molecular weight excluding hydrogens is 428 g/mol. The van der Waals surface area contributed by atoms with E-state index in [9.17, 15) is 9.59 Å². The summed E-state index contributed by atoms with van der Waals surface area (Å²) in [6.07, 6.45) is 11.7. The van der Waals surface area contributed by atoms with Gasteiger partial charge in [-0.15, -0.1) is 0 Å². The fourth-order valence-electron chi connectivity index (χ4n) is 5.41. The molecule has 5 rings (SSSR count). The number of benzene rings is 1. The van der Waals surface area contributed by atoms with Crippen molar-refractivity contribution in [1.29, 1.82) is 0 Å². The lowest BCUT2D eigenvalue weighted by Crippen LogP contribution is -2.35. The summed E-state index contributed by atoms with van der Waals surface area (Å²) in [4.78, 5) is 33.0. The molecule has 1 amide bonds. The van der Waals surface area contributed by atoms with E-state index in [0.717, 1.165) is 63.3 Å². The van der Waals surface area contributed by atoms with Gasteiger partial charge in [0.15, 0.2) is 0 Å². The van der Waals surface area contributed by atoms with Gasteiger partial charge in [0.2, 0.25) is 0 Å². The highest BCUT2D eigenvalue weighted by Crippen LogP contribution is 2.25. The van der Waals surface area contributed by atoms with Gasteiger partial charge in [-0.25, -0.2) is 4.98 Å². The molecule has 0 saturated heterocycles. The van der Waals surface area contributed by atoms with E-state index in [0.29, 0.717) is 29.1 Å². The maximum absolute atomic E-state index is 12.9. The molecule has 0 radical (unpaired) electrons. The normalized spacial score (nSPS) is 16.6. The van der Waals surface area contributed by atoms with Crippen molar-refractivity contribution >= 4 is 16.8 Å². The lowest BCUT2D eigenvalue weighted by atomic mass is 10.1. The molecule has 3 aromatic rings. The van der Waals surface area contributed by atoms with Gasteiger partial charge < -0.3 is 9.73 Å². The first-order valence-corrected chi connectivity index (χ1v) is 12.8. The molecule has 0 unspecified atom stereocenters. The van der Waals surface area contributed by atoms with Gasteiger partial charge in [0.1, 0.15) is 11.6 Å². The van der Waals surface area contributed by atoms with E-state index in [2.05, 4.69) is 10.2 Å². The Morgan fingerprint density at radius 1 is 1.15 bits per heavy atom. The number of nitrogens with one attached hydrogen (secondary N) is 1. The molecule has 1 aliphatic heterocycles. The smallest absolute Gasteiger partial charge is 0.261 e. The molecule has 1 aromatic carbocycles. The molecule has 2 aliphatic rings. The van der Waals surface area contributed by atoms with Crippen LogP contribution in [0, 0.1) is 0 Å². The molecule has 180 valence electrons. The van der Waals surface area contributed by atoms with Crippen LogP contribution < -0.4 is 10.9 Å². The Bertz CT molecular complexity index is 1180. The van der Waals surface area contributed by atoms with Crippen molar-refractivity contribution in [3.63, 3.8) is 0 Å². The fraction of sp³-hybridized carbons (Fsp3) is 0.519. The molecule has 34 heavy (non-hydrogen) atoms. The predicted molar refractivity (Wildman–Crippen MR) is 132 cm³/mol. The number of fused-ring (bicyclic) bond motifs is 2. The number of carbonyl (C=O) groups is 1. The Labute approximate surface area is 200 Å². The molecule has 3 heterocycles. The van der Waals surface area contributed by atoms with Crippen molar-refractivity contribution in [2.75, 3.05) is 13.1 Å². The predicted octanol–water partition coefficient (Wildman–Crippen LogP) is 4.28. The van der Waals surface area contributed by atoms with E-state index < -0.39 is 0 Å². The van der Waals surface area contributed by atoms with Crippen molar-refractivity contribution in [3.8, 4) is 0 Å². The first kappa shape index (κ1) is 22.8. The zero-order valence-corrected chi connectivity index (χ0v) is 19.8. The molecule has 7 nitrogen and oxygen atoms in total. The van der Waals surface area contributed by atoms with Crippen molar-refractivity contribution in [2.45, 2.75) is 76.9 Å². The maximum atomic E-state index is 12.9. The molecule has 1 N–H and O–H groups in total. The first-order chi connectivity index (χ1) is 16.7. The van der Waals surface area contributed by atoms with Crippen LogP contribution in [0.15, 0.2) is 45.8 Å². The van der Waals surface area contributed by atoms with Crippen LogP contribution in [0.2, 0.25) is 0 Å². The van der Waals surface area contributed by atoms with E-state index in [4.69, 9.17) is 9.40 Å². The van der Waals surface area contributed by atoms with Crippen LogP contribution in [0.3, 0.4) is 0 Å². The van der Waals surface area contributed by atoms with Crippen LogP contribution in [0.4, 0.5) is 0 Å². The summed E-state index contributed by atoms with van der Waals surface area (Å²) < 4.78 is 7.38. The quantitative estimate of drug-likeness (QED) is 0.506. The second-order valence-corrected chi connectivity index (χ2v) is 9.62. The third-order valence-electron chi connectivity index (χ3n) is 7.27. The Morgan fingerprint density at radius 3 is 2.85 bits per heavy atom. The van der Waals surface area contributed by atoms with Crippen molar-refractivity contribution < 1.29 is 9.21 Å². The molecule has 0 bridgehead atoms. The van der Waals surface area contributed by atoms with Crippen LogP contribution in [0.1, 0.15) is 73.3 Å². The van der Waals surface area contributed by atoms with E-state index >= 15 is 0 Å². The highest BCUT2D eigenvalue weighted by molar-refractivity contribution is 5.97. The Morgan fingerprint density at radius 2 is 2.03 bits per heavy atom. The first-order valence-electron chi connectivity index (χ1n) is 12.8. The SMILES string of the molecule is O=C(NCCCN(Cc1ccco1)C1CCCC1)c1ccc2c(=O)n3c(nc2c1)CCCCC3. The van der Waals surface area contributed by atoms with Gasteiger partial charge in [0.25, 0.3) is 11.5 Å². The van der Waals surface area contributed by atoms with Crippen LogP contribution in [-0.2, 0) is 19.5 Å². The largest absolute Gasteiger partial charge is 0.468 e. The second kappa shape index (κ2) is 10.6. The molecular formula is C27H34N4O3. The average molecular weight is 463 g/mol. The number of carbonyl (C=O) groups excluding carboxylic acids is 1. The van der Waals surface area contributed by atoms with Crippen LogP contribution in [0.5, 0.6) is 0 Å². The van der Waals surface area contributed by atoms with E-state index in [1.54, 1.807) is 24.5 Å².